The van der Waals surface area contributed by atoms with Crippen LogP contribution in [0.4, 0.5) is 22.7 Å². The number of phenolic OH excluding ortho intramolecular Hbond substituents is 1. The Hall–Kier alpha value is -5.23. The highest BCUT2D eigenvalue weighted by molar-refractivity contribution is 7.91. The zero-order valence-corrected chi connectivity index (χ0v) is 31.9. The monoisotopic (exact) mass is 810 g/mol. The number of carbonyl (C=O) groups is 2. The zero-order valence-electron chi connectivity index (χ0n) is 30.3. The Morgan fingerprint density at radius 1 is 1.00 bits per heavy atom. The number of amides is 2. The third-order valence-corrected chi connectivity index (χ3v) is 13.3. The molecule has 4 N–H and O–H groups in total. The van der Waals surface area contributed by atoms with Crippen molar-refractivity contribution in [2.24, 2.45) is 0 Å². The van der Waals surface area contributed by atoms with E-state index < -0.39 is 56.6 Å². The average Bonchev–Trinajstić information content (AvgIpc) is 3.53. The van der Waals surface area contributed by atoms with Gasteiger partial charge >= 0.3 is 0 Å². The minimum Gasteiger partial charge on any atom is -0.507 e. The van der Waals surface area contributed by atoms with Crippen LogP contribution < -0.4 is 16.0 Å². The molecule has 0 aliphatic carbocycles. The quantitative estimate of drug-likeness (QED) is 0.109. The van der Waals surface area contributed by atoms with Crippen LogP contribution in [-0.2, 0) is 26.7 Å². The first-order valence-corrected chi connectivity index (χ1v) is 19.9. The number of carbonyl (C=O) groups excluding carboxylic acids is 2. The molecule has 0 unspecified atom stereocenters. The molecule has 1 aliphatic rings. The number of benzene rings is 3. The van der Waals surface area contributed by atoms with E-state index in [4.69, 9.17) is 0 Å². The van der Waals surface area contributed by atoms with Crippen LogP contribution in [0, 0.1) is 30.2 Å². The number of sulfonamides is 1. The normalized spacial score (nSPS) is 15.9. The second-order valence-electron chi connectivity index (χ2n) is 13.3. The number of anilines is 1. The molecule has 6 rings (SSSR count). The average molecular weight is 811 g/mol. The Labute approximate surface area is 324 Å². The molecule has 1 saturated heterocycles. The van der Waals surface area contributed by atoms with Crippen molar-refractivity contribution in [2.45, 2.75) is 48.8 Å². The Morgan fingerprint density at radius 2 is 1.71 bits per heavy atom. The van der Waals surface area contributed by atoms with E-state index in [1.807, 2.05) is 0 Å². The van der Waals surface area contributed by atoms with Gasteiger partial charge in [-0.2, -0.15) is 4.31 Å². The largest absolute Gasteiger partial charge is 0.507 e. The summed E-state index contributed by atoms with van der Waals surface area (Å²) in [5, 5.41) is 18.9. The van der Waals surface area contributed by atoms with Crippen molar-refractivity contribution in [3.63, 3.8) is 0 Å². The summed E-state index contributed by atoms with van der Waals surface area (Å²) in [7, 11) is -4.14. The van der Waals surface area contributed by atoms with E-state index in [1.165, 1.54) is 48.6 Å². The minimum absolute atomic E-state index is 0.0197. The summed E-state index contributed by atoms with van der Waals surface area (Å²) < 4.78 is 90.5. The Morgan fingerprint density at radius 3 is 2.41 bits per heavy atom. The predicted molar refractivity (Wildman–Crippen MR) is 202 cm³/mol. The van der Waals surface area contributed by atoms with Gasteiger partial charge in [-0.05, 0) is 84.8 Å². The van der Waals surface area contributed by atoms with E-state index in [0.29, 0.717) is 18.2 Å². The highest BCUT2D eigenvalue weighted by atomic mass is 32.2. The van der Waals surface area contributed by atoms with Gasteiger partial charge in [0.25, 0.3) is 15.9 Å². The molecule has 294 valence electrons. The molecule has 56 heavy (non-hydrogen) atoms. The van der Waals surface area contributed by atoms with Crippen LogP contribution >= 0.6 is 11.3 Å². The van der Waals surface area contributed by atoms with E-state index in [9.17, 15) is 27.5 Å². The Balaban J connectivity index is 1.42. The summed E-state index contributed by atoms with van der Waals surface area (Å²) in [5.74, 6) is -4.59. The highest BCUT2D eigenvalue weighted by Gasteiger charge is 2.41. The Kier molecular flexibility index (Phi) is 12.2. The fourth-order valence-electron chi connectivity index (χ4n) is 7.19. The highest BCUT2D eigenvalue weighted by Crippen LogP contribution is 2.45. The number of nitrogens with one attached hydrogen (secondary N) is 3. The summed E-state index contributed by atoms with van der Waals surface area (Å²) in [6.45, 7) is 3.28. The third-order valence-electron chi connectivity index (χ3n) is 9.70. The lowest BCUT2D eigenvalue weighted by molar-refractivity contribution is -0.114. The van der Waals surface area contributed by atoms with E-state index in [1.54, 1.807) is 12.1 Å². The van der Waals surface area contributed by atoms with Gasteiger partial charge in [0.1, 0.15) is 29.0 Å². The molecule has 1 fully saturated rings. The van der Waals surface area contributed by atoms with Crippen LogP contribution in [0.5, 0.6) is 5.75 Å². The predicted octanol–water partition coefficient (Wildman–Crippen LogP) is 5.82. The van der Waals surface area contributed by atoms with E-state index in [2.05, 4.69) is 25.9 Å². The smallest absolute Gasteiger partial charge is 0.255 e. The molecular weight excluding hydrogens is 773 g/mol. The molecule has 3 heterocycles. The number of piperazine rings is 1. The lowest BCUT2D eigenvalue weighted by Gasteiger charge is -2.38. The first-order chi connectivity index (χ1) is 26.7. The molecular formula is C39H38F4N6O5S2. The third kappa shape index (κ3) is 8.45. The number of aryl methyl sites for hydroxylation is 1. The van der Waals surface area contributed by atoms with Gasteiger partial charge in [-0.15, -0.1) is 0 Å². The fourth-order valence-corrected chi connectivity index (χ4v) is 10.4. The van der Waals surface area contributed by atoms with Gasteiger partial charge in [0, 0.05) is 56.8 Å². The lowest BCUT2D eigenvalue weighted by atomic mass is 9.66. The molecule has 11 nitrogen and oxygen atoms in total. The zero-order chi connectivity index (χ0) is 40.2. The number of para-hydroxylation sites is 1. The van der Waals surface area contributed by atoms with Crippen molar-refractivity contribution >= 4 is 38.3 Å². The molecule has 2 amide bonds. The molecule has 0 spiro atoms. The standard InChI is InChI=1S/C39H38F4N6O5S2/c1-23-37(55-38(47-23)48-24(2)50)56(53,54)49-16-15-44-20-30(49)11-12-31-33(21-45-22-34(31)43)39(25-7-9-27(40)10-8-25,26-17-28(41)19-29(42)18-26)13-14-46-36(52)32-5-3-4-6-35(32)51/h3-10,17-19,21-22,30,44,51H,11-16,20H2,1-2H3,(H,46,52)(H,47,48,50)/t30-,39-/m0/s1. The molecule has 3 aromatic carbocycles. The second-order valence-corrected chi connectivity index (χ2v) is 16.4. The first kappa shape index (κ1) is 40.4. The molecule has 5 aromatic rings. The summed E-state index contributed by atoms with van der Waals surface area (Å²) in [6, 6.07) is 13.1. The van der Waals surface area contributed by atoms with Crippen LogP contribution in [0.1, 0.15) is 58.1 Å². The number of nitrogens with zero attached hydrogens (tertiary/aromatic N) is 3. The first-order valence-electron chi connectivity index (χ1n) is 17.6. The van der Waals surface area contributed by atoms with Gasteiger partial charge < -0.3 is 21.1 Å². The van der Waals surface area contributed by atoms with Crippen molar-refractivity contribution < 1.29 is 40.7 Å². The van der Waals surface area contributed by atoms with Crippen molar-refractivity contribution in [1.29, 1.82) is 0 Å². The van der Waals surface area contributed by atoms with Gasteiger partial charge in [-0.1, -0.05) is 35.6 Å². The number of rotatable bonds is 13. The number of pyridine rings is 1. The summed E-state index contributed by atoms with van der Waals surface area (Å²) >= 11 is 0.827. The number of aromatic nitrogens is 2. The van der Waals surface area contributed by atoms with Crippen LogP contribution in [0.2, 0.25) is 0 Å². The van der Waals surface area contributed by atoms with E-state index >= 15 is 13.2 Å². The number of aromatic hydroxyl groups is 1. The number of hydrogen-bond donors (Lipinski definition) is 4. The number of thiazole rings is 1. The van der Waals surface area contributed by atoms with Crippen molar-refractivity contribution in [3.8, 4) is 5.75 Å². The molecule has 2 aromatic heterocycles. The Bertz CT molecular complexity index is 2340. The van der Waals surface area contributed by atoms with Crippen molar-refractivity contribution in [3.05, 3.63) is 136 Å². The van der Waals surface area contributed by atoms with E-state index in [-0.39, 0.29) is 81.9 Å². The van der Waals surface area contributed by atoms with Gasteiger partial charge in [0.05, 0.1) is 17.5 Å². The lowest BCUT2D eigenvalue weighted by Crippen LogP contribution is -2.53. The number of phenols is 1. The SMILES string of the molecule is CC(=O)Nc1nc(C)c(S(=O)(=O)N2CCNC[C@@H]2CCc2c(F)cncc2[C@@](CCNC(=O)c2ccccc2O)(c2ccc(F)cc2)c2cc(F)cc(F)c2)s1. The van der Waals surface area contributed by atoms with Gasteiger partial charge in [-0.3, -0.25) is 14.6 Å². The molecule has 1 aliphatic heterocycles. The number of halogens is 4. The second kappa shape index (κ2) is 16.9. The summed E-state index contributed by atoms with van der Waals surface area (Å²) in [5.41, 5.74) is -0.943. The van der Waals surface area contributed by atoms with Crippen LogP contribution in [0.25, 0.3) is 0 Å². The molecule has 0 bridgehead atoms. The van der Waals surface area contributed by atoms with Gasteiger partial charge in [-0.25, -0.2) is 31.0 Å². The van der Waals surface area contributed by atoms with E-state index in [0.717, 1.165) is 41.8 Å². The van der Waals surface area contributed by atoms with Crippen LogP contribution in [0.3, 0.4) is 0 Å². The summed E-state index contributed by atoms with van der Waals surface area (Å²) in [4.78, 5) is 33.2. The fraction of sp³-hybridized carbons (Fsp3) is 0.282. The van der Waals surface area contributed by atoms with Crippen LogP contribution in [-0.4, -0.2) is 71.8 Å². The van der Waals surface area contributed by atoms with Crippen LogP contribution in [0.15, 0.2) is 83.3 Å². The molecule has 17 heteroatoms. The molecule has 2 atom stereocenters. The topological polar surface area (TPSA) is 154 Å². The summed E-state index contributed by atoms with van der Waals surface area (Å²) in [6.07, 6.45) is 2.20. The molecule has 0 radical (unpaired) electrons. The maximum absolute atomic E-state index is 16.3. The van der Waals surface area contributed by atoms with Gasteiger partial charge in [0.15, 0.2) is 9.34 Å². The van der Waals surface area contributed by atoms with Gasteiger partial charge in [0.2, 0.25) is 5.91 Å². The maximum Gasteiger partial charge on any atom is 0.255 e. The minimum atomic E-state index is -4.14. The maximum atomic E-state index is 16.3. The van der Waals surface area contributed by atoms with Crippen molar-refractivity contribution in [1.82, 2.24) is 24.9 Å². The molecule has 0 saturated carbocycles. The van der Waals surface area contributed by atoms with Crippen molar-refractivity contribution in [2.75, 3.05) is 31.5 Å². The number of hydrogen-bond acceptors (Lipinski definition) is 9.